The van der Waals surface area contributed by atoms with E-state index in [2.05, 4.69) is 20.6 Å². The van der Waals surface area contributed by atoms with E-state index in [0.717, 1.165) is 24.8 Å². The first-order valence-corrected chi connectivity index (χ1v) is 18.8. The first kappa shape index (κ1) is 33.0. The smallest absolute Gasteiger partial charge is 0.266 e. The number of carbonyl (C=O) groups is 4. The molecule has 0 fully saturated rings. The summed E-state index contributed by atoms with van der Waals surface area (Å²) in [7, 11) is 0. The third-order valence-corrected chi connectivity index (χ3v) is 11.8. The summed E-state index contributed by atoms with van der Waals surface area (Å²) in [6.45, 7) is 0.719. The van der Waals surface area contributed by atoms with Gasteiger partial charge in [-0.05, 0) is 72.8 Å². The van der Waals surface area contributed by atoms with Crippen molar-refractivity contribution in [2.75, 3.05) is 34.9 Å². The molecule has 1 aliphatic rings. The van der Waals surface area contributed by atoms with Crippen LogP contribution in [0.15, 0.2) is 93.6 Å². The topological polar surface area (TPSA) is 131 Å². The summed E-state index contributed by atoms with van der Waals surface area (Å²) in [6, 6.07) is 24.6. The Hall–Kier alpha value is -4.47. The van der Waals surface area contributed by atoms with E-state index in [1.165, 1.54) is 51.1 Å². The number of hydrogen-bond donors (Lipinski definition) is 2. The molecule has 3 heterocycles. The lowest BCUT2D eigenvalue weighted by molar-refractivity contribution is -0.118. The van der Waals surface area contributed by atoms with Crippen LogP contribution in [-0.4, -0.2) is 58.3 Å². The van der Waals surface area contributed by atoms with E-state index >= 15 is 0 Å². The second-order valence-electron chi connectivity index (χ2n) is 10.6. The highest BCUT2D eigenvalue weighted by Gasteiger charge is 2.36. The van der Waals surface area contributed by atoms with Crippen molar-refractivity contribution in [1.82, 2.24) is 15.3 Å². The Morgan fingerprint density at radius 2 is 1.39 bits per heavy atom. The van der Waals surface area contributed by atoms with Crippen molar-refractivity contribution in [2.45, 2.75) is 8.68 Å². The number of carbonyl (C=O) groups excluding carboxylic acids is 4. The molecule has 0 radical (unpaired) electrons. The quantitative estimate of drug-likeness (QED) is 0.0749. The number of nitrogens with one attached hydrogen (secondary N) is 2. The number of nitrogens with zero attached hydrogens (tertiary/aromatic N) is 3. The Bertz CT molecular complexity index is 2200. The fraction of sp³-hybridized carbons (Fsp3) is 0.118. The van der Waals surface area contributed by atoms with E-state index < -0.39 is 0 Å². The third kappa shape index (κ3) is 7.58. The maximum Gasteiger partial charge on any atom is 0.266 e. The summed E-state index contributed by atoms with van der Waals surface area (Å²) in [5.74, 6) is 0.0442. The van der Waals surface area contributed by atoms with E-state index in [1.54, 1.807) is 72.8 Å². The fourth-order valence-corrected chi connectivity index (χ4v) is 8.92. The van der Waals surface area contributed by atoms with E-state index in [9.17, 15) is 19.2 Å². The molecule has 0 unspecified atom stereocenters. The van der Waals surface area contributed by atoms with E-state index in [0.29, 0.717) is 50.8 Å². The molecule has 6 aromatic rings. The van der Waals surface area contributed by atoms with Gasteiger partial charge in [0.25, 0.3) is 11.8 Å². The molecule has 0 saturated carbocycles. The number of fused-ring (bicyclic) bond motifs is 3. The van der Waals surface area contributed by atoms with Gasteiger partial charge in [0.2, 0.25) is 11.8 Å². The van der Waals surface area contributed by atoms with Gasteiger partial charge in [0.1, 0.15) is 12.4 Å². The molecule has 49 heavy (non-hydrogen) atoms. The predicted octanol–water partition coefficient (Wildman–Crippen LogP) is 7.38. The zero-order valence-electron chi connectivity index (χ0n) is 25.3. The molecule has 10 nitrogen and oxygen atoms in total. The summed E-state index contributed by atoms with van der Waals surface area (Å²) in [5, 5.41) is 6.40. The Labute approximate surface area is 301 Å². The Morgan fingerprint density at radius 1 is 0.776 bits per heavy atom. The monoisotopic (exact) mass is 745 g/mol. The average molecular weight is 746 g/mol. The van der Waals surface area contributed by atoms with E-state index in [1.807, 2.05) is 12.1 Å². The van der Waals surface area contributed by atoms with Crippen molar-refractivity contribution in [1.29, 1.82) is 0 Å². The molecule has 15 heteroatoms. The molecule has 0 aliphatic carbocycles. The molecule has 7 rings (SSSR count). The van der Waals surface area contributed by atoms with Crippen LogP contribution >= 0.6 is 57.8 Å². The minimum absolute atomic E-state index is 0.120. The number of benzene rings is 4. The van der Waals surface area contributed by atoms with Gasteiger partial charge in [0.15, 0.2) is 8.68 Å². The van der Waals surface area contributed by atoms with Crippen molar-refractivity contribution >= 4 is 113 Å². The minimum atomic E-state index is -0.349. The molecule has 0 atom stereocenters. The zero-order valence-corrected chi connectivity index (χ0v) is 29.3. The summed E-state index contributed by atoms with van der Waals surface area (Å²) in [4.78, 5) is 61.3. The van der Waals surface area contributed by atoms with Gasteiger partial charge in [-0.15, -0.1) is 22.7 Å². The molecule has 1 aliphatic heterocycles. The van der Waals surface area contributed by atoms with Gasteiger partial charge in [-0.1, -0.05) is 47.3 Å². The second kappa shape index (κ2) is 14.6. The number of ether oxygens (including phenoxy) is 1. The number of hydrogen-bond acceptors (Lipinski definition) is 11. The van der Waals surface area contributed by atoms with Gasteiger partial charge in [-0.2, -0.15) is 0 Å². The van der Waals surface area contributed by atoms with Gasteiger partial charge in [-0.3, -0.25) is 19.2 Å². The van der Waals surface area contributed by atoms with Crippen LogP contribution in [0.3, 0.4) is 0 Å². The molecule has 0 bridgehead atoms. The summed E-state index contributed by atoms with van der Waals surface area (Å²) in [6.07, 6.45) is 0. The highest BCUT2D eigenvalue weighted by Crippen LogP contribution is 2.35. The van der Waals surface area contributed by atoms with Crippen LogP contribution in [0.4, 0.5) is 11.4 Å². The number of thioether (sulfide) groups is 2. The lowest BCUT2D eigenvalue weighted by Crippen LogP contribution is -2.29. The number of aromatic nitrogens is 2. The van der Waals surface area contributed by atoms with Crippen LogP contribution in [0.25, 0.3) is 20.4 Å². The Kier molecular flexibility index (Phi) is 9.82. The molecular weight excluding hydrogens is 722 g/mol. The number of amides is 4. The van der Waals surface area contributed by atoms with Crippen LogP contribution in [0.5, 0.6) is 5.75 Å². The minimum Gasteiger partial charge on any atom is -0.492 e. The summed E-state index contributed by atoms with van der Waals surface area (Å²) in [5.41, 5.74) is 3.41. The van der Waals surface area contributed by atoms with Gasteiger partial charge < -0.3 is 15.4 Å². The van der Waals surface area contributed by atoms with Gasteiger partial charge in [0, 0.05) is 10.7 Å². The summed E-state index contributed by atoms with van der Waals surface area (Å²) >= 11 is 11.4. The number of rotatable bonds is 12. The van der Waals surface area contributed by atoms with E-state index in [4.69, 9.17) is 16.3 Å². The molecular formula is C34H24ClN5O5S4. The summed E-state index contributed by atoms with van der Waals surface area (Å²) < 4.78 is 8.74. The standard InChI is InChI=1S/C34H24ClN5O5S4/c35-19-5-9-22(10-6-19)45-14-13-36-29(41)17-46-33-38-25-11-7-20(15-27(25)48-33)37-30(42)18-47-34-39-26-12-8-21(16-28(26)49-34)40-31(43)23-3-1-2-4-24(23)32(40)44/h1-12,15-16H,13-14,17-18H2,(H,36,41)(H,37,42). The van der Waals surface area contributed by atoms with Crippen LogP contribution in [-0.2, 0) is 9.59 Å². The Morgan fingerprint density at radius 3 is 2.06 bits per heavy atom. The van der Waals surface area contributed by atoms with Crippen LogP contribution in [0, 0.1) is 0 Å². The van der Waals surface area contributed by atoms with E-state index in [-0.39, 0.29) is 35.1 Å². The van der Waals surface area contributed by atoms with Crippen molar-refractivity contribution in [3.05, 3.63) is 101 Å². The largest absolute Gasteiger partial charge is 0.492 e. The molecule has 246 valence electrons. The highest BCUT2D eigenvalue weighted by atomic mass is 35.5. The van der Waals surface area contributed by atoms with Crippen molar-refractivity contribution < 1.29 is 23.9 Å². The van der Waals surface area contributed by atoms with Gasteiger partial charge >= 0.3 is 0 Å². The molecule has 2 aromatic heterocycles. The number of halogens is 1. The lowest BCUT2D eigenvalue weighted by atomic mass is 10.1. The molecule has 0 spiro atoms. The average Bonchev–Trinajstić information content (AvgIpc) is 3.78. The zero-order chi connectivity index (χ0) is 33.9. The van der Waals surface area contributed by atoms with Gasteiger partial charge in [0.05, 0.1) is 55.3 Å². The molecule has 0 saturated heterocycles. The maximum atomic E-state index is 12.9. The van der Waals surface area contributed by atoms with Crippen LogP contribution in [0.1, 0.15) is 20.7 Å². The normalized spacial score (nSPS) is 12.5. The van der Waals surface area contributed by atoms with Gasteiger partial charge in [-0.25, -0.2) is 14.9 Å². The Balaban J connectivity index is 0.888. The van der Waals surface area contributed by atoms with Crippen LogP contribution in [0.2, 0.25) is 5.02 Å². The van der Waals surface area contributed by atoms with Crippen LogP contribution < -0.4 is 20.3 Å². The fourth-order valence-electron chi connectivity index (χ4n) is 4.95. The number of thiazole rings is 2. The number of imide groups is 1. The van der Waals surface area contributed by atoms with Crippen molar-refractivity contribution in [3.8, 4) is 5.75 Å². The third-order valence-electron chi connectivity index (χ3n) is 7.22. The second-order valence-corrected chi connectivity index (χ2v) is 15.5. The number of anilines is 2. The van der Waals surface area contributed by atoms with Crippen molar-refractivity contribution in [2.24, 2.45) is 0 Å². The first-order valence-electron chi connectivity index (χ1n) is 14.8. The molecule has 4 amide bonds. The predicted molar refractivity (Wildman–Crippen MR) is 197 cm³/mol. The SMILES string of the molecule is O=C(CSc1nc2ccc(NC(=O)CSc3nc4ccc(N5C(=O)c6ccccc6C5=O)cc4s3)cc2s1)NCCOc1ccc(Cl)cc1. The maximum absolute atomic E-state index is 12.9. The first-order chi connectivity index (χ1) is 23.8. The molecule has 2 N–H and O–H groups in total. The van der Waals surface area contributed by atoms with Crippen molar-refractivity contribution in [3.63, 3.8) is 0 Å². The molecule has 4 aromatic carbocycles. The lowest BCUT2D eigenvalue weighted by Gasteiger charge is -2.13. The highest BCUT2D eigenvalue weighted by molar-refractivity contribution is 8.02.